The van der Waals surface area contributed by atoms with Gasteiger partial charge in [0.25, 0.3) is 0 Å². The van der Waals surface area contributed by atoms with Gasteiger partial charge in [-0.05, 0) is 48.4 Å². The van der Waals surface area contributed by atoms with E-state index in [-0.39, 0.29) is 18.1 Å². The maximum absolute atomic E-state index is 12.7. The summed E-state index contributed by atoms with van der Waals surface area (Å²) < 4.78 is 48.5. The molecule has 0 aromatic heterocycles. The molecular formula is C19H21F3N2O3. The second kappa shape index (κ2) is 9.16. The van der Waals surface area contributed by atoms with Crippen LogP contribution in [0.25, 0.3) is 0 Å². The summed E-state index contributed by atoms with van der Waals surface area (Å²) in [6.07, 6.45) is -3.90. The summed E-state index contributed by atoms with van der Waals surface area (Å²) in [5.41, 5.74) is 0.343. The van der Waals surface area contributed by atoms with Gasteiger partial charge in [-0.3, -0.25) is 4.79 Å². The number of halogens is 3. The highest BCUT2D eigenvalue weighted by Gasteiger charge is 2.30. The van der Waals surface area contributed by atoms with Crippen LogP contribution in [0.4, 0.5) is 18.9 Å². The highest BCUT2D eigenvalue weighted by Crippen LogP contribution is 2.30. The van der Waals surface area contributed by atoms with Gasteiger partial charge in [0.1, 0.15) is 11.5 Å². The van der Waals surface area contributed by atoms with Crippen molar-refractivity contribution in [2.45, 2.75) is 12.6 Å². The van der Waals surface area contributed by atoms with E-state index in [9.17, 15) is 18.0 Å². The van der Waals surface area contributed by atoms with Gasteiger partial charge in [0.05, 0.1) is 26.3 Å². The van der Waals surface area contributed by atoms with Crippen molar-refractivity contribution in [2.24, 2.45) is 0 Å². The number of hydrogen-bond donors (Lipinski definition) is 2. The molecule has 0 fully saturated rings. The van der Waals surface area contributed by atoms with E-state index < -0.39 is 11.7 Å². The van der Waals surface area contributed by atoms with Gasteiger partial charge in [-0.1, -0.05) is 6.07 Å². The highest BCUT2D eigenvalue weighted by atomic mass is 19.4. The molecule has 0 radical (unpaired) electrons. The first-order valence-electron chi connectivity index (χ1n) is 8.22. The first-order chi connectivity index (χ1) is 12.8. The molecule has 0 spiro atoms. The zero-order chi connectivity index (χ0) is 19.9. The minimum atomic E-state index is -4.42. The van der Waals surface area contributed by atoms with Gasteiger partial charge < -0.3 is 20.1 Å². The molecule has 0 aliphatic carbocycles. The van der Waals surface area contributed by atoms with E-state index >= 15 is 0 Å². The Kier molecular flexibility index (Phi) is 6.92. The van der Waals surface area contributed by atoms with Crippen LogP contribution in [0.2, 0.25) is 0 Å². The molecule has 146 valence electrons. The molecule has 5 nitrogen and oxygen atoms in total. The standard InChI is InChI=1S/C19H21F3N2O3/c1-26-16-6-7-17(27-2)13(10-16)8-9-23-18(25)12-24-15-5-3-4-14(11-15)19(20,21)22/h3-7,10-11,24H,8-9,12H2,1-2H3,(H,23,25). The fourth-order valence-electron chi connectivity index (χ4n) is 2.46. The molecule has 2 aromatic carbocycles. The molecule has 27 heavy (non-hydrogen) atoms. The van der Waals surface area contributed by atoms with Crippen LogP contribution in [0, 0.1) is 0 Å². The van der Waals surface area contributed by atoms with Crippen molar-refractivity contribution in [1.29, 1.82) is 0 Å². The smallest absolute Gasteiger partial charge is 0.416 e. The summed E-state index contributed by atoms with van der Waals surface area (Å²) in [7, 11) is 3.12. The highest BCUT2D eigenvalue weighted by molar-refractivity contribution is 5.80. The third kappa shape index (κ3) is 6.09. The normalized spacial score (nSPS) is 11.0. The number of ether oxygens (including phenoxy) is 2. The number of methoxy groups -OCH3 is 2. The lowest BCUT2D eigenvalue weighted by atomic mass is 10.1. The van der Waals surface area contributed by atoms with Crippen LogP contribution in [-0.2, 0) is 17.4 Å². The molecule has 8 heteroatoms. The fraction of sp³-hybridized carbons (Fsp3) is 0.316. The van der Waals surface area contributed by atoms with Crippen LogP contribution in [0.15, 0.2) is 42.5 Å². The fourth-order valence-corrected chi connectivity index (χ4v) is 2.46. The molecule has 0 aliphatic rings. The third-order valence-electron chi connectivity index (χ3n) is 3.85. The van der Waals surface area contributed by atoms with Crippen molar-refractivity contribution in [3.63, 3.8) is 0 Å². The van der Waals surface area contributed by atoms with E-state index in [0.717, 1.165) is 17.7 Å². The van der Waals surface area contributed by atoms with Crippen molar-refractivity contribution in [2.75, 3.05) is 32.6 Å². The van der Waals surface area contributed by atoms with Gasteiger partial charge in [-0.15, -0.1) is 0 Å². The number of amides is 1. The number of anilines is 1. The first-order valence-corrected chi connectivity index (χ1v) is 8.22. The van der Waals surface area contributed by atoms with Gasteiger partial charge >= 0.3 is 6.18 Å². The van der Waals surface area contributed by atoms with Crippen LogP contribution < -0.4 is 20.1 Å². The Bertz CT molecular complexity index is 779. The first kappa shape index (κ1) is 20.4. The van der Waals surface area contributed by atoms with Gasteiger partial charge in [-0.2, -0.15) is 13.2 Å². The number of carbonyl (C=O) groups is 1. The number of rotatable bonds is 8. The van der Waals surface area contributed by atoms with Gasteiger partial charge in [0, 0.05) is 12.2 Å². The van der Waals surface area contributed by atoms with E-state index in [1.54, 1.807) is 26.4 Å². The van der Waals surface area contributed by atoms with Crippen molar-refractivity contribution < 1.29 is 27.4 Å². The number of hydrogen-bond acceptors (Lipinski definition) is 4. The molecule has 2 rings (SSSR count). The van der Waals surface area contributed by atoms with E-state index in [1.165, 1.54) is 12.1 Å². The van der Waals surface area contributed by atoms with E-state index in [4.69, 9.17) is 9.47 Å². The average Bonchev–Trinajstić information content (AvgIpc) is 2.65. The lowest BCUT2D eigenvalue weighted by molar-refractivity contribution is -0.137. The van der Waals surface area contributed by atoms with Gasteiger partial charge in [0.15, 0.2) is 0 Å². The van der Waals surface area contributed by atoms with Crippen LogP contribution >= 0.6 is 0 Å². The monoisotopic (exact) mass is 382 g/mol. The van der Waals surface area contributed by atoms with Gasteiger partial charge in [-0.25, -0.2) is 0 Å². The van der Waals surface area contributed by atoms with Crippen molar-refractivity contribution in [3.05, 3.63) is 53.6 Å². The molecule has 0 saturated heterocycles. The Balaban J connectivity index is 1.84. The Morgan fingerprint density at radius 2 is 1.85 bits per heavy atom. The topological polar surface area (TPSA) is 59.6 Å². The molecule has 0 bridgehead atoms. The Labute approximate surface area is 155 Å². The number of benzene rings is 2. The summed E-state index contributed by atoms with van der Waals surface area (Å²) in [5, 5.41) is 5.40. The second-order valence-electron chi connectivity index (χ2n) is 5.71. The van der Waals surface area contributed by atoms with Crippen LogP contribution in [0.3, 0.4) is 0 Å². The summed E-state index contributed by atoms with van der Waals surface area (Å²) >= 11 is 0. The average molecular weight is 382 g/mol. The van der Waals surface area contributed by atoms with Crippen molar-refractivity contribution in [1.82, 2.24) is 5.32 Å². The number of alkyl halides is 3. The largest absolute Gasteiger partial charge is 0.497 e. The third-order valence-corrected chi connectivity index (χ3v) is 3.85. The SMILES string of the molecule is COc1ccc(OC)c(CCNC(=O)CNc2cccc(C(F)(F)F)c2)c1. The summed E-state index contributed by atoms with van der Waals surface area (Å²) in [6, 6.07) is 10.1. The van der Waals surface area contributed by atoms with Crippen LogP contribution in [-0.4, -0.2) is 33.2 Å². The van der Waals surface area contributed by atoms with Gasteiger partial charge in [0.2, 0.25) is 5.91 Å². The summed E-state index contributed by atoms with van der Waals surface area (Å²) in [4.78, 5) is 11.9. The van der Waals surface area contributed by atoms with Crippen LogP contribution in [0.5, 0.6) is 11.5 Å². The maximum Gasteiger partial charge on any atom is 0.416 e. The molecule has 0 atom stereocenters. The Morgan fingerprint density at radius 1 is 1.07 bits per heavy atom. The molecule has 0 unspecified atom stereocenters. The second-order valence-corrected chi connectivity index (χ2v) is 5.71. The zero-order valence-electron chi connectivity index (χ0n) is 15.0. The molecule has 0 saturated carbocycles. The lowest BCUT2D eigenvalue weighted by Crippen LogP contribution is -2.31. The van der Waals surface area contributed by atoms with E-state index in [1.807, 2.05) is 6.07 Å². The summed E-state index contributed by atoms with van der Waals surface area (Å²) in [6.45, 7) is 0.225. The molecular weight excluding hydrogens is 361 g/mol. The van der Waals surface area contributed by atoms with E-state index in [0.29, 0.717) is 24.5 Å². The summed E-state index contributed by atoms with van der Waals surface area (Å²) in [5.74, 6) is 1.05. The molecule has 2 aromatic rings. The Hall–Kier alpha value is -2.90. The Morgan fingerprint density at radius 3 is 2.52 bits per heavy atom. The minimum Gasteiger partial charge on any atom is -0.497 e. The maximum atomic E-state index is 12.7. The predicted octanol–water partition coefficient (Wildman–Crippen LogP) is 3.49. The molecule has 0 aliphatic heterocycles. The van der Waals surface area contributed by atoms with Crippen LogP contribution in [0.1, 0.15) is 11.1 Å². The molecule has 1 amide bonds. The number of nitrogens with one attached hydrogen (secondary N) is 2. The lowest BCUT2D eigenvalue weighted by Gasteiger charge is -2.12. The number of carbonyl (C=O) groups excluding carboxylic acids is 1. The zero-order valence-corrected chi connectivity index (χ0v) is 15.0. The predicted molar refractivity (Wildman–Crippen MR) is 96.2 cm³/mol. The van der Waals surface area contributed by atoms with E-state index in [2.05, 4.69) is 10.6 Å². The quantitative estimate of drug-likeness (QED) is 0.734. The minimum absolute atomic E-state index is 0.128. The van der Waals surface area contributed by atoms with Crippen molar-refractivity contribution >= 4 is 11.6 Å². The van der Waals surface area contributed by atoms with Crippen molar-refractivity contribution in [3.8, 4) is 11.5 Å². The molecule has 0 heterocycles. The molecule has 2 N–H and O–H groups in total.